The Kier molecular flexibility index (Phi) is 4.07. The van der Waals surface area contributed by atoms with Gasteiger partial charge in [0.05, 0.1) is 11.0 Å². The molecule has 4 heteroatoms. The molecular formula is C14H21NO2S. The first-order chi connectivity index (χ1) is 8.53. The summed E-state index contributed by atoms with van der Waals surface area (Å²) in [6.45, 7) is 1.99. The van der Waals surface area contributed by atoms with Gasteiger partial charge < -0.3 is 5.32 Å². The summed E-state index contributed by atoms with van der Waals surface area (Å²) in [5.41, 5.74) is 2.01. The predicted molar refractivity (Wildman–Crippen MR) is 74.3 cm³/mol. The van der Waals surface area contributed by atoms with Crippen molar-refractivity contribution in [2.24, 2.45) is 0 Å². The maximum Gasteiger partial charge on any atom is 0.158 e. The fourth-order valence-electron chi connectivity index (χ4n) is 2.83. The molecule has 0 aliphatic heterocycles. The monoisotopic (exact) mass is 267 g/mol. The minimum absolute atomic E-state index is 0.125. The molecule has 0 heterocycles. The zero-order valence-electron chi connectivity index (χ0n) is 11.0. The molecule has 0 spiro atoms. The van der Waals surface area contributed by atoms with E-state index in [9.17, 15) is 8.42 Å². The first kappa shape index (κ1) is 13.6. The van der Waals surface area contributed by atoms with Gasteiger partial charge in [0, 0.05) is 6.04 Å². The molecule has 1 N–H and O–H groups in total. The summed E-state index contributed by atoms with van der Waals surface area (Å²) in [5.74, 6) is 0.164. The highest BCUT2D eigenvalue weighted by atomic mass is 32.2. The van der Waals surface area contributed by atoms with Crippen molar-refractivity contribution in [3.8, 4) is 0 Å². The van der Waals surface area contributed by atoms with Crippen LogP contribution in [0.5, 0.6) is 0 Å². The first-order valence-corrected chi connectivity index (χ1v) is 8.19. The Labute approximate surface area is 110 Å². The van der Waals surface area contributed by atoms with E-state index >= 15 is 0 Å². The van der Waals surface area contributed by atoms with Crippen molar-refractivity contribution >= 4 is 9.84 Å². The van der Waals surface area contributed by atoms with Gasteiger partial charge in [-0.05, 0) is 32.4 Å². The van der Waals surface area contributed by atoms with Gasteiger partial charge in [-0.1, -0.05) is 36.2 Å². The molecule has 3 nitrogen and oxygen atoms in total. The van der Waals surface area contributed by atoms with E-state index in [1.807, 2.05) is 38.2 Å². The van der Waals surface area contributed by atoms with Crippen LogP contribution in [-0.4, -0.2) is 26.8 Å². The summed E-state index contributed by atoms with van der Waals surface area (Å²) in [5, 5.41) is 2.92. The van der Waals surface area contributed by atoms with Crippen LogP contribution in [0, 0.1) is 6.92 Å². The molecule has 0 amide bonds. The van der Waals surface area contributed by atoms with Crippen LogP contribution < -0.4 is 5.32 Å². The van der Waals surface area contributed by atoms with Crippen molar-refractivity contribution in [1.82, 2.24) is 5.32 Å². The summed E-state index contributed by atoms with van der Waals surface area (Å²) in [6, 6.07) is 7.89. The largest absolute Gasteiger partial charge is 0.316 e. The molecule has 18 heavy (non-hydrogen) atoms. The SMILES string of the molecule is CNC1CCCC1S(=O)(=O)Cc1cccc(C)c1. The van der Waals surface area contributed by atoms with E-state index < -0.39 is 9.84 Å². The van der Waals surface area contributed by atoms with Crippen molar-refractivity contribution in [3.05, 3.63) is 35.4 Å². The molecule has 100 valence electrons. The topological polar surface area (TPSA) is 46.2 Å². The van der Waals surface area contributed by atoms with Crippen LogP contribution in [0.3, 0.4) is 0 Å². The Bertz CT molecular complexity index is 510. The van der Waals surface area contributed by atoms with Gasteiger partial charge in [-0.25, -0.2) is 8.42 Å². The number of hydrogen-bond donors (Lipinski definition) is 1. The van der Waals surface area contributed by atoms with Gasteiger partial charge in [-0.3, -0.25) is 0 Å². The van der Waals surface area contributed by atoms with Crippen LogP contribution >= 0.6 is 0 Å². The number of benzene rings is 1. The zero-order chi connectivity index (χ0) is 13.2. The van der Waals surface area contributed by atoms with Crippen LogP contribution in [0.15, 0.2) is 24.3 Å². The molecule has 2 atom stereocenters. The first-order valence-electron chi connectivity index (χ1n) is 6.47. The summed E-state index contributed by atoms with van der Waals surface area (Å²) in [7, 11) is -1.20. The molecule has 1 aliphatic rings. The lowest BCUT2D eigenvalue weighted by Gasteiger charge is -2.19. The Morgan fingerprint density at radius 1 is 1.33 bits per heavy atom. The molecule has 0 radical (unpaired) electrons. The normalized spacial score (nSPS) is 24.3. The van der Waals surface area contributed by atoms with Crippen molar-refractivity contribution in [2.75, 3.05) is 7.05 Å². The van der Waals surface area contributed by atoms with E-state index in [-0.39, 0.29) is 17.0 Å². The van der Waals surface area contributed by atoms with Crippen molar-refractivity contribution in [3.63, 3.8) is 0 Å². The maximum atomic E-state index is 12.4. The van der Waals surface area contributed by atoms with E-state index in [1.165, 1.54) is 0 Å². The minimum Gasteiger partial charge on any atom is -0.316 e. The zero-order valence-corrected chi connectivity index (χ0v) is 11.8. The molecule has 0 bridgehead atoms. The Balaban J connectivity index is 2.17. The van der Waals surface area contributed by atoms with Crippen LogP contribution in [0.2, 0.25) is 0 Å². The number of aryl methyl sites for hydroxylation is 1. The predicted octanol–water partition coefficient (Wildman–Crippen LogP) is 2.05. The lowest BCUT2D eigenvalue weighted by Crippen LogP contribution is -2.38. The van der Waals surface area contributed by atoms with Gasteiger partial charge in [0.25, 0.3) is 0 Å². The smallest absolute Gasteiger partial charge is 0.158 e. The number of sulfone groups is 1. The molecule has 2 unspecified atom stereocenters. The second-order valence-corrected chi connectivity index (χ2v) is 7.38. The van der Waals surface area contributed by atoms with Crippen molar-refractivity contribution < 1.29 is 8.42 Å². The Hall–Kier alpha value is -0.870. The molecule has 1 aromatic rings. The number of nitrogens with one attached hydrogen (secondary N) is 1. The van der Waals surface area contributed by atoms with E-state index in [2.05, 4.69) is 5.32 Å². The fraction of sp³-hybridized carbons (Fsp3) is 0.571. The Morgan fingerprint density at radius 2 is 2.11 bits per heavy atom. The maximum absolute atomic E-state index is 12.4. The van der Waals surface area contributed by atoms with Gasteiger partial charge >= 0.3 is 0 Å². The third kappa shape index (κ3) is 2.93. The quantitative estimate of drug-likeness (QED) is 0.908. The summed E-state index contributed by atoms with van der Waals surface area (Å²) < 4.78 is 24.9. The van der Waals surface area contributed by atoms with Crippen LogP contribution in [0.25, 0.3) is 0 Å². The molecule has 1 fully saturated rings. The number of rotatable bonds is 4. The average Bonchev–Trinajstić information content (AvgIpc) is 2.77. The van der Waals surface area contributed by atoms with Crippen molar-refractivity contribution in [2.45, 2.75) is 43.2 Å². The number of hydrogen-bond acceptors (Lipinski definition) is 3. The van der Waals surface area contributed by atoms with E-state index in [1.54, 1.807) is 0 Å². The average molecular weight is 267 g/mol. The van der Waals surface area contributed by atoms with Crippen LogP contribution in [0.4, 0.5) is 0 Å². The molecule has 1 aromatic carbocycles. The molecule has 1 aliphatic carbocycles. The van der Waals surface area contributed by atoms with Gasteiger partial charge in [-0.2, -0.15) is 0 Å². The molecule has 1 saturated carbocycles. The van der Waals surface area contributed by atoms with Gasteiger partial charge in [0.2, 0.25) is 0 Å². The van der Waals surface area contributed by atoms with Gasteiger partial charge in [-0.15, -0.1) is 0 Å². The minimum atomic E-state index is -3.05. The fourth-order valence-corrected chi connectivity index (χ4v) is 4.98. The lowest BCUT2D eigenvalue weighted by atomic mass is 10.2. The van der Waals surface area contributed by atoms with Gasteiger partial charge in [0.15, 0.2) is 9.84 Å². The molecule has 0 aromatic heterocycles. The van der Waals surface area contributed by atoms with Crippen LogP contribution in [0.1, 0.15) is 30.4 Å². The highest BCUT2D eigenvalue weighted by Crippen LogP contribution is 2.27. The molecule has 2 rings (SSSR count). The molecule has 0 saturated heterocycles. The lowest BCUT2D eigenvalue weighted by molar-refractivity contribution is 0.537. The third-order valence-corrected chi connectivity index (χ3v) is 5.96. The summed E-state index contributed by atoms with van der Waals surface area (Å²) in [4.78, 5) is 0. The van der Waals surface area contributed by atoms with E-state index in [0.717, 1.165) is 30.4 Å². The third-order valence-electron chi connectivity index (χ3n) is 3.73. The Morgan fingerprint density at radius 3 is 2.78 bits per heavy atom. The second-order valence-electron chi connectivity index (χ2n) is 5.16. The summed E-state index contributed by atoms with van der Waals surface area (Å²) >= 11 is 0. The molecular weight excluding hydrogens is 246 g/mol. The highest BCUT2D eigenvalue weighted by Gasteiger charge is 2.36. The van der Waals surface area contributed by atoms with E-state index in [4.69, 9.17) is 0 Å². The van der Waals surface area contributed by atoms with Crippen LogP contribution in [-0.2, 0) is 15.6 Å². The van der Waals surface area contributed by atoms with Crippen molar-refractivity contribution in [1.29, 1.82) is 0 Å². The summed E-state index contributed by atoms with van der Waals surface area (Å²) in [6.07, 6.45) is 2.76. The highest BCUT2D eigenvalue weighted by molar-refractivity contribution is 7.91. The second kappa shape index (κ2) is 5.41. The van der Waals surface area contributed by atoms with E-state index in [0.29, 0.717) is 0 Å². The standard InChI is InChI=1S/C14H21NO2S/c1-11-5-3-6-12(9-11)10-18(16,17)14-8-4-7-13(14)15-2/h3,5-6,9,13-15H,4,7-8,10H2,1-2H3. The van der Waals surface area contributed by atoms with Gasteiger partial charge in [0.1, 0.15) is 0 Å².